The maximum absolute atomic E-state index is 12.3. The minimum Gasteiger partial charge on any atom is -0.492 e. The highest BCUT2D eigenvalue weighted by atomic mass is 16.5. The van der Waals surface area contributed by atoms with Crippen molar-refractivity contribution in [2.24, 2.45) is 0 Å². The van der Waals surface area contributed by atoms with E-state index in [0.29, 0.717) is 12.3 Å². The Morgan fingerprint density at radius 3 is 2.59 bits per heavy atom. The third kappa shape index (κ3) is 6.46. The van der Waals surface area contributed by atoms with Gasteiger partial charge in [-0.25, -0.2) is 4.79 Å². The number of aryl methyl sites for hydroxylation is 2. The Bertz CT molecular complexity index is 1090. The van der Waals surface area contributed by atoms with E-state index in [9.17, 15) is 14.4 Å². The number of nitrogens with one attached hydrogen (secondary N) is 2. The maximum Gasteiger partial charge on any atom is 0.338 e. The van der Waals surface area contributed by atoms with Gasteiger partial charge < -0.3 is 24.5 Å². The molecule has 2 aromatic carbocycles. The normalized spacial score (nSPS) is 10.3. The van der Waals surface area contributed by atoms with Gasteiger partial charge in [0.25, 0.3) is 11.8 Å². The van der Waals surface area contributed by atoms with Crippen LogP contribution in [0.25, 0.3) is 0 Å². The number of hydrogen-bond acceptors (Lipinski definition) is 6. The summed E-state index contributed by atoms with van der Waals surface area (Å²) in [5.41, 5.74) is 2.49. The highest BCUT2D eigenvalue weighted by Gasteiger charge is 2.15. The number of carbonyl (C=O) groups excluding carboxylic acids is 3. The van der Waals surface area contributed by atoms with Crippen molar-refractivity contribution in [2.45, 2.75) is 13.8 Å². The van der Waals surface area contributed by atoms with E-state index in [-0.39, 0.29) is 17.9 Å². The summed E-state index contributed by atoms with van der Waals surface area (Å²) in [7, 11) is 0. The summed E-state index contributed by atoms with van der Waals surface area (Å²) in [4.78, 5) is 36.4. The summed E-state index contributed by atoms with van der Waals surface area (Å²) in [5.74, 6) is -0.675. The van der Waals surface area contributed by atoms with Crippen LogP contribution in [-0.4, -0.2) is 37.5 Å². The Labute approximate surface area is 185 Å². The molecule has 0 aliphatic carbocycles. The standard InChI is InChI=1S/C24H24N2O6/c1-16-5-3-6-19(13-16)30-12-10-25-22(27)15-32-24(29)18-9-8-17(2)20(14-18)26-23(28)21-7-4-11-31-21/h3-9,11,13-14H,10,12,15H2,1-2H3,(H,25,27)(H,26,28). The highest BCUT2D eigenvalue weighted by Crippen LogP contribution is 2.19. The number of ether oxygens (including phenoxy) is 2. The van der Waals surface area contributed by atoms with Crippen molar-refractivity contribution in [1.82, 2.24) is 5.32 Å². The maximum atomic E-state index is 12.3. The second kappa shape index (κ2) is 10.8. The molecule has 8 heteroatoms. The van der Waals surface area contributed by atoms with Gasteiger partial charge in [0, 0.05) is 5.69 Å². The highest BCUT2D eigenvalue weighted by molar-refractivity contribution is 6.03. The van der Waals surface area contributed by atoms with E-state index in [1.807, 2.05) is 31.2 Å². The molecule has 0 aliphatic rings. The fourth-order valence-corrected chi connectivity index (χ4v) is 2.81. The van der Waals surface area contributed by atoms with Crippen LogP contribution < -0.4 is 15.4 Å². The Morgan fingerprint density at radius 2 is 1.84 bits per heavy atom. The molecule has 0 saturated carbocycles. The quantitative estimate of drug-likeness (QED) is 0.393. The molecule has 3 aromatic rings. The molecule has 0 bridgehead atoms. The zero-order valence-electron chi connectivity index (χ0n) is 17.8. The van der Waals surface area contributed by atoms with Crippen LogP contribution in [0.1, 0.15) is 32.0 Å². The van der Waals surface area contributed by atoms with Crippen molar-refractivity contribution in [3.05, 3.63) is 83.3 Å². The van der Waals surface area contributed by atoms with Crippen LogP contribution in [0, 0.1) is 13.8 Å². The van der Waals surface area contributed by atoms with Gasteiger partial charge in [0.05, 0.1) is 18.4 Å². The molecule has 0 radical (unpaired) electrons. The molecule has 0 atom stereocenters. The predicted octanol–water partition coefficient (Wildman–Crippen LogP) is 3.50. The Kier molecular flexibility index (Phi) is 7.64. The first kappa shape index (κ1) is 22.6. The fourth-order valence-electron chi connectivity index (χ4n) is 2.81. The van der Waals surface area contributed by atoms with Crippen LogP contribution in [0.5, 0.6) is 5.75 Å². The molecule has 0 saturated heterocycles. The molecule has 0 spiro atoms. The van der Waals surface area contributed by atoms with Crippen LogP contribution in [0.4, 0.5) is 5.69 Å². The van der Waals surface area contributed by atoms with E-state index in [1.165, 1.54) is 18.4 Å². The van der Waals surface area contributed by atoms with Crippen molar-refractivity contribution in [3.8, 4) is 5.75 Å². The van der Waals surface area contributed by atoms with Gasteiger partial charge in [0.1, 0.15) is 12.4 Å². The number of carbonyl (C=O) groups is 3. The second-order valence-electron chi connectivity index (χ2n) is 7.05. The number of amides is 2. The van der Waals surface area contributed by atoms with Crippen molar-refractivity contribution >= 4 is 23.5 Å². The van der Waals surface area contributed by atoms with E-state index < -0.39 is 24.4 Å². The average molecular weight is 436 g/mol. The molecule has 0 aliphatic heterocycles. The van der Waals surface area contributed by atoms with Gasteiger partial charge in [-0.3, -0.25) is 9.59 Å². The second-order valence-corrected chi connectivity index (χ2v) is 7.05. The van der Waals surface area contributed by atoms with E-state index in [0.717, 1.165) is 16.9 Å². The van der Waals surface area contributed by atoms with Crippen LogP contribution in [0.3, 0.4) is 0 Å². The van der Waals surface area contributed by atoms with Gasteiger partial charge >= 0.3 is 5.97 Å². The number of hydrogen-bond donors (Lipinski definition) is 2. The van der Waals surface area contributed by atoms with Gasteiger partial charge in [0.15, 0.2) is 12.4 Å². The summed E-state index contributed by atoms with van der Waals surface area (Å²) >= 11 is 0. The monoisotopic (exact) mass is 436 g/mol. The van der Waals surface area contributed by atoms with Gasteiger partial charge in [-0.15, -0.1) is 0 Å². The Morgan fingerprint density at radius 1 is 1.00 bits per heavy atom. The van der Waals surface area contributed by atoms with E-state index in [4.69, 9.17) is 13.9 Å². The molecule has 166 valence electrons. The van der Waals surface area contributed by atoms with E-state index >= 15 is 0 Å². The van der Waals surface area contributed by atoms with Crippen LogP contribution in [0.15, 0.2) is 65.3 Å². The first-order chi connectivity index (χ1) is 15.4. The SMILES string of the molecule is Cc1cccc(OCCNC(=O)COC(=O)c2ccc(C)c(NC(=O)c3ccco3)c2)c1. The Balaban J connectivity index is 1.44. The summed E-state index contributed by atoms with van der Waals surface area (Å²) < 4.78 is 15.7. The lowest BCUT2D eigenvalue weighted by Crippen LogP contribution is -2.32. The zero-order valence-corrected chi connectivity index (χ0v) is 17.8. The lowest BCUT2D eigenvalue weighted by Gasteiger charge is -2.11. The largest absolute Gasteiger partial charge is 0.492 e. The van der Waals surface area contributed by atoms with Crippen LogP contribution in [0.2, 0.25) is 0 Å². The third-order valence-corrected chi connectivity index (χ3v) is 4.48. The van der Waals surface area contributed by atoms with Crippen LogP contribution in [-0.2, 0) is 9.53 Å². The average Bonchev–Trinajstić information content (AvgIpc) is 3.32. The predicted molar refractivity (Wildman–Crippen MR) is 118 cm³/mol. The minimum absolute atomic E-state index is 0.153. The molecule has 8 nitrogen and oxygen atoms in total. The molecule has 3 rings (SSSR count). The smallest absolute Gasteiger partial charge is 0.338 e. The fraction of sp³-hybridized carbons (Fsp3) is 0.208. The summed E-state index contributed by atoms with van der Waals surface area (Å²) in [5, 5.41) is 5.32. The number of anilines is 1. The van der Waals surface area contributed by atoms with Crippen molar-refractivity contribution in [1.29, 1.82) is 0 Å². The number of furan rings is 1. The molecule has 2 N–H and O–H groups in total. The molecule has 0 fully saturated rings. The van der Waals surface area contributed by atoms with E-state index in [2.05, 4.69) is 10.6 Å². The molecule has 2 amide bonds. The third-order valence-electron chi connectivity index (χ3n) is 4.48. The van der Waals surface area contributed by atoms with Gasteiger partial charge in [-0.2, -0.15) is 0 Å². The number of rotatable bonds is 9. The molecule has 1 heterocycles. The summed E-state index contributed by atoms with van der Waals surface area (Å²) in [6.45, 7) is 3.90. The van der Waals surface area contributed by atoms with Crippen LogP contribution >= 0.6 is 0 Å². The summed E-state index contributed by atoms with van der Waals surface area (Å²) in [6, 6.07) is 15.5. The van der Waals surface area contributed by atoms with Gasteiger partial charge in [-0.1, -0.05) is 18.2 Å². The molecular weight excluding hydrogens is 412 g/mol. The van der Waals surface area contributed by atoms with Crippen molar-refractivity contribution < 1.29 is 28.3 Å². The molecule has 1 aromatic heterocycles. The topological polar surface area (TPSA) is 107 Å². The zero-order chi connectivity index (χ0) is 22.9. The molecule has 0 unspecified atom stereocenters. The number of esters is 1. The Hall–Kier alpha value is -4.07. The number of benzene rings is 2. The minimum atomic E-state index is -0.676. The lowest BCUT2D eigenvalue weighted by molar-refractivity contribution is -0.124. The van der Waals surface area contributed by atoms with Crippen molar-refractivity contribution in [3.63, 3.8) is 0 Å². The van der Waals surface area contributed by atoms with Gasteiger partial charge in [0.2, 0.25) is 0 Å². The first-order valence-electron chi connectivity index (χ1n) is 10.0. The lowest BCUT2D eigenvalue weighted by atomic mass is 10.1. The first-order valence-corrected chi connectivity index (χ1v) is 10.0. The van der Waals surface area contributed by atoms with Gasteiger partial charge in [-0.05, 0) is 61.4 Å². The van der Waals surface area contributed by atoms with E-state index in [1.54, 1.807) is 25.1 Å². The molecular formula is C24H24N2O6. The van der Waals surface area contributed by atoms with Crippen molar-refractivity contribution in [2.75, 3.05) is 25.1 Å². The molecule has 32 heavy (non-hydrogen) atoms. The summed E-state index contributed by atoms with van der Waals surface area (Å²) in [6.07, 6.45) is 1.40.